The van der Waals surface area contributed by atoms with Crippen molar-refractivity contribution in [2.24, 2.45) is 5.41 Å². The number of hydrogen-bond acceptors (Lipinski definition) is 4. The van der Waals surface area contributed by atoms with E-state index >= 15 is 0 Å². The van der Waals surface area contributed by atoms with Gasteiger partial charge in [-0.2, -0.15) is 5.10 Å². The second kappa shape index (κ2) is 6.83. The highest BCUT2D eigenvalue weighted by molar-refractivity contribution is 5.86. The monoisotopic (exact) mass is 301 g/mol. The Morgan fingerprint density at radius 2 is 1.95 bits per heavy atom. The molecule has 0 amide bonds. The van der Waals surface area contributed by atoms with E-state index in [0.717, 1.165) is 0 Å². The fraction of sp³-hybridized carbons (Fsp3) is 0.471. The van der Waals surface area contributed by atoms with Crippen LogP contribution in [0.4, 0.5) is 0 Å². The summed E-state index contributed by atoms with van der Waals surface area (Å²) in [7, 11) is 0. The molecule has 5 nitrogen and oxygen atoms in total. The van der Waals surface area contributed by atoms with Crippen LogP contribution in [0.25, 0.3) is 0 Å². The highest BCUT2D eigenvalue weighted by Crippen LogP contribution is 2.25. The van der Waals surface area contributed by atoms with Crippen LogP contribution in [0.2, 0.25) is 0 Å². The summed E-state index contributed by atoms with van der Waals surface area (Å²) in [5.74, 6) is 0.179. The summed E-state index contributed by atoms with van der Waals surface area (Å²) in [5, 5.41) is 4.06. The fourth-order valence-electron chi connectivity index (χ4n) is 2.09. The van der Waals surface area contributed by atoms with Gasteiger partial charge in [-0.25, -0.2) is 9.67 Å². The summed E-state index contributed by atoms with van der Waals surface area (Å²) < 4.78 is 7.38. The first-order valence-electron chi connectivity index (χ1n) is 7.44. The van der Waals surface area contributed by atoms with Gasteiger partial charge in [0, 0.05) is 11.3 Å². The predicted octanol–water partition coefficient (Wildman–Crippen LogP) is 3.21. The minimum atomic E-state index is -0.742. The maximum absolute atomic E-state index is 12.6. The molecule has 0 bridgehead atoms. The zero-order chi connectivity index (χ0) is 16.2. The molecule has 2 unspecified atom stereocenters. The molecule has 0 N–H and O–H groups in total. The van der Waals surface area contributed by atoms with Crippen LogP contribution in [-0.4, -0.2) is 27.2 Å². The lowest BCUT2D eigenvalue weighted by Crippen LogP contribution is -2.33. The van der Waals surface area contributed by atoms with Crippen molar-refractivity contribution < 1.29 is 9.53 Å². The summed E-state index contributed by atoms with van der Waals surface area (Å²) in [6.07, 6.45) is 2.18. The number of nitrogens with zero attached hydrogens (tertiary/aromatic N) is 3. The lowest BCUT2D eigenvalue weighted by Gasteiger charge is -2.25. The van der Waals surface area contributed by atoms with Gasteiger partial charge in [-0.1, -0.05) is 58.0 Å². The largest absolute Gasteiger partial charge is 0.349 e. The molecule has 0 fully saturated rings. The molecular formula is C17H23N3O2. The van der Waals surface area contributed by atoms with Crippen molar-refractivity contribution in [1.29, 1.82) is 0 Å². The molecule has 2 atom stereocenters. The Bertz CT molecular complexity index is 588. The second-order valence-corrected chi connectivity index (χ2v) is 6.49. The minimum Gasteiger partial charge on any atom is -0.349 e. The number of ketones is 1. The molecule has 1 heterocycles. The van der Waals surface area contributed by atoms with Crippen LogP contribution in [0.1, 0.15) is 45.4 Å². The third-order valence-corrected chi connectivity index (χ3v) is 3.51. The van der Waals surface area contributed by atoms with Crippen molar-refractivity contribution >= 4 is 5.78 Å². The molecule has 5 heteroatoms. The number of carbonyl (C=O) groups excluding carboxylic acids is 1. The lowest BCUT2D eigenvalue weighted by molar-refractivity contribution is -0.146. The van der Waals surface area contributed by atoms with Crippen molar-refractivity contribution in [2.75, 3.05) is 6.61 Å². The molecule has 0 spiro atoms. The Morgan fingerprint density at radius 3 is 2.50 bits per heavy atom. The van der Waals surface area contributed by atoms with E-state index in [9.17, 15) is 4.79 Å². The Labute approximate surface area is 131 Å². The summed E-state index contributed by atoms with van der Waals surface area (Å²) in [4.78, 5) is 16.5. The van der Waals surface area contributed by atoms with Gasteiger partial charge in [0.1, 0.15) is 12.7 Å². The Kier molecular flexibility index (Phi) is 5.08. The molecule has 22 heavy (non-hydrogen) atoms. The van der Waals surface area contributed by atoms with Crippen molar-refractivity contribution in [2.45, 2.75) is 39.8 Å². The summed E-state index contributed by atoms with van der Waals surface area (Å²) in [6, 6.07) is 10.1. The van der Waals surface area contributed by atoms with Crippen molar-refractivity contribution in [3.63, 3.8) is 0 Å². The van der Waals surface area contributed by atoms with Crippen LogP contribution in [0.15, 0.2) is 43.0 Å². The number of ether oxygens (including phenoxy) is 1. The SMILES string of the molecule is CC(COC(C(=O)C(C)(C)C)n1cncn1)c1ccccc1. The molecule has 0 radical (unpaired) electrons. The topological polar surface area (TPSA) is 57.0 Å². The molecule has 0 saturated heterocycles. The zero-order valence-corrected chi connectivity index (χ0v) is 13.6. The van der Waals surface area contributed by atoms with Gasteiger partial charge >= 0.3 is 0 Å². The Balaban J connectivity index is 2.09. The predicted molar refractivity (Wildman–Crippen MR) is 84.3 cm³/mol. The number of benzene rings is 1. The number of carbonyl (C=O) groups is 1. The van der Waals surface area contributed by atoms with Gasteiger partial charge in [-0.15, -0.1) is 0 Å². The normalized spacial score (nSPS) is 14.5. The molecule has 2 aromatic rings. The summed E-state index contributed by atoms with van der Waals surface area (Å²) in [6.45, 7) is 8.15. The molecule has 0 aliphatic heterocycles. The Morgan fingerprint density at radius 1 is 1.27 bits per heavy atom. The fourth-order valence-corrected chi connectivity index (χ4v) is 2.09. The standard InChI is InChI=1S/C17H23N3O2/c1-13(14-8-6-5-7-9-14)10-22-16(15(21)17(2,3)4)20-12-18-11-19-20/h5-9,11-13,16H,10H2,1-4H3. The average molecular weight is 301 g/mol. The highest BCUT2D eigenvalue weighted by atomic mass is 16.5. The quantitative estimate of drug-likeness (QED) is 0.822. The smallest absolute Gasteiger partial charge is 0.211 e. The number of aromatic nitrogens is 3. The molecular weight excluding hydrogens is 278 g/mol. The van der Waals surface area contributed by atoms with Gasteiger partial charge in [0.2, 0.25) is 6.23 Å². The number of Topliss-reactive ketones (excluding diaryl/α,β-unsaturated/α-hetero) is 1. The maximum Gasteiger partial charge on any atom is 0.211 e. The van der Waals surface area contributed by atoms with Crippen LogP contribution in [0, 0.1) is 5.41 Å². The van der Waals surface area contributed by atoms with E-state index in [1.807, 2.05) is 39.0 Å². The van der Waals surface area contributed by atoms with E-state index in [0.29, 0.717) is 6.61 Å². The van der Waals surface area contributed by atoms with Gasteiger partial charge in [0.15, 0.2) is 5.78 Å². The molecule has 118 valence electrons. The van der Waals surface area contributed by atoms with Gasteiger partial charge < -0.3 is 4.74 Å². The van der Waals surface area contributed by atoms with E-state index in [1.54, 1.807) is 0 Å². The number of hydrogen-bond donors (Lipinski definition) is 0. The van der Waals surface area contributed by atoms with Gasteiger partial charge in [-0.3, -0.25) is 4.79 Å². The van der Waals surface area contributed by atoms with E-state index in [4.69, 9.17) is 4.74 Å². The molecule has 2 rings (SSSR count). The van der Waals surface area contributed by atoms with Crippen LogP contribution >= 0.6 is 0 Å². The van der Waals surface area contributed by atoms with Crippen LogP contribution in [-0.2, 0) is 9.53 Å². The first-order chi connectivity index (χ1) is 10.4. The maximum atomic E-state index is 12.6. The molecule has 1 aromatic carbocycles. The van der Waals surface area contributed by atoms with Crippen LogP contribution in [0.5, 0.6) is 0 Å². The molecule has 0 saturated carbocycles. The third-order valence-electron chi connectivity index (χ3n) is 3.51. The molecule has 0 aliphatic carbocycles. The third kappa shape index (κ3) is 4.01. The van der Waals surface area contributed by atoms with E-state index < -0.39 is 11.6 Å². The van der Waals surface area contributed by atoms with Crippen molar-refractivity contribution in [3.05, 3.63) is 48.5 Å². The molecule has 1 aromatic heterocycles. The summed E-state index contributed by atoms with van der Waals surface area (Å²) in [5.41, 5.74) is 0.676. The summed E-state index contributed by atoms with van der Waals surface area (Å²) >= 11 is 0. The van der Waals surface area contributed by atoms with E-state index in [2.05, 4.69) is 29.1 Å². The Hall–Kier alpha value is -2.01. The molecule has 0 aliphatic rings. The van der Waals surface area contributed by atoms with Crippen molar-refractivity contribution in [3.8, 4) is 0 Å². The number of rotatable bonds is 6. The lowest BCUT2D eigenvalue weighted by atomic mass is 9.89. The first kappa shape index (κ1) is 16.4. The second-order valence-electron chi connectivity index (χ2n) is 6.49. The van der Waals surface area contributed by atoms with E-state index in [1.165, 1.54) is 22.9 Å². The van der Waals surface area contributed by atoms with Gasteiger partial charge in [-0.05, 0) is 5.56 Å². The van der Waals surface area contributed by atoms with E-state index in [-0.39, 0.29) is 11.7 Å². The van der Waals surface area contributed by atoms with Gasteiger partial charge in [0.25, 0.3) is 0 Å². The van der Waals surface area contributed by atoms with Crippen LogP contribution in [0.3, 0.4) is 0 Å². The first-order valence-corrected chi connectivity index (χ1v) is 7.44. The van der Waals surface area contributed by atoms with Gasteiger partial charge in [0.05, 0.1) is 6.61 Å². The van der Waals surface area contributed by atoms with Crippen LogP contribution < -0.4 is 0 Å². The zero-order valence-electron chi connectivity index (χ0n) is 13.6. The minimum absolute atomic E-state index is 0.0155. The highest BCUT2D eigenvalue weighted by Gasteiger charge is 2.32. The average Bonchev–Trinajstić information content (AvgIpc) is 3.01. The van der Waals surface area contributed by atoms with Crippen molar-refractivity contribution in [1.82, 2.24) is 14.8 Å².